The number of anilines is 1. The molecule has 4 rings (SSSR count). The number of hydrogen-bond donors (Lipinski definition) is 1. The van der Waals surface area contributed by atoms with Crippen molar-refractivity contribution in [3.05, 3.63) is 58.4 Å². The van der Waals surface area contributed by atoms with Crippen LogP contribution in [0.3, 0.4) is 0 Å². The van der Waals surface area contributed by atoms with Crippen molar-refractivity contribution in [1.29, 1.82) is 0 Å². The van der Waals surface area contributed by atoms with Crippen LogP contribution in [0.1, 0.15) is 51.8 Å². The van der Waals surface area contributed by atoms with Crippen LogP contribution in [0.25, 0.3) is 11.0 Å². The van der Waals surface area contributed by atoms with Crippen LogP contribution in [0.15, 0.2) is 47.4 Å². The van der Waals surface area contributed by atoms with E-state index in [0.29, 0.717) is 16.7 Å². The molecule has 1 unspecified atom stereocenters. The summed E-state index contributed by atoms with van der Waals surface area (Å²) < 4.78 is 37.0. The molecule has 1 N–H and O–H groups in total. The number of halogens is 2. The Morgan fingerprint density at radius 1 is 1.20 bits per heavy atom. The molecule has 1 saturated heterocycles. The van der Waals surface area contributed by atoms with Crippen LogP contribution in [0, 0.1) is 16.0 Å². The van der Waals surface area contributed by atoms with Gasteiger partial charge < -0.3 is 14.0 Å². The highest BCUT2D eigenvalue weighted by Crippen LogP contribution is 2.31. The number of nitro benzene ring substituents is 1. The third kappa shape index (κ3) is 7.63. The number of ether oxygens (including phenoxy) is 1. The van der Waals surface area contributed by atoms with Crippen LogP contribution in [0.4, 0.5) is 20.2 Å². The van der Waals surface area contributed by atoms with Gasteiger partial charge in [0.1, 0.15) is 0 Å². The van der Waals surface area contributed by atoms with E-state index in [4.69, 9.17) is 4.74 Å². The van der Waals surface area contributed by atoms with Gasteiger partial charge in [0.05, 0.1) is 16.0 Å². The number of hydrogen-bond acceptors (Lipinski definition) is 6. The molecule has 0 saturated carbocycles. The van der Waals surface area contributed by atoms with Gasteiger partial charge in [-0.2, -0.15) is 8.78 Å². The quantitative estimate of drug-likeness (QED) is 0.214. The molecule has 0 bridgehead atoms. The van der Waals surface area contributed by atoms with Crippen molar-refractivity contribution in [3.8, 4) is 0 Å². The van der Waals surface area contributed by atoms with Gasteiger partial charge in [-0.05, 0) is 61.0 Å². The standard InChI is InChI=1S/C16H14F2N4O2S.C9H18O/c1-16(17,18)15-19-13-9-10(3-8-14(13)21(15)2)20-25-12-6-4-11(5-7-12)22(23)24;1-2-9-5-3-4-7-10-8-6-9/h3-9,20H,1-2H3;9H,2-8H2,1H3. The van der Waals surface area contributed by atoms with Crippen molar-refractivity contribution >= 4 is 34.4 Å². The van der Waals surface area contributed by atoms with Gasteiger partial charge in [-0.15, -0.1) is 0 Å². The molecule has 0 spiro atoms. The highest BCUT2D eigenvalue weighted by molar-refractivity contribution is 8.00. The topological polar surface area (TPSA) is 82.2 Å². The largest absolute Gasteiger partial charge is 0.381 e. The fourth-order valence-corrected chi connectivity index (χ4v) is 4.59. The lowest BCUT2D eigenvalue weighted by Crippen LogP contribution is -2.13. The fraction of sp³-hybridized carbons (Fsp3) is 0.480. The van der Waals surface area contributed by atoms with Gasteiger partial charge in [-0.1, -0.05) is 26.2 Å². The lowest BCUT2D eigenvalue weighted by atomic mass is 9.95. The number of rotatable bonds is 6. The number of aromatic nitrogens is 2. The maximum Gasteiger partial charge on any atom is 0.302 e. The highest BCUT2D eigenvalue weighted by Gasteiger charge is 2.30. The summed E-state index contributed by atoms with van der Waals surface area (Å²) in [6, 6.07) is 11.3. The highest BCUT2D eigenvalue weighted by atomic mass is 32.2. The first-order valence-corrected chi connectivity index (χ1v) is 12.6. The average molecular weight is 507 g/mol. The molecule has 1 aliphatic heterocycles. The Balaban J connectivity index is 0.000000287. The van der Waals surface area contributed by atoms with Crippen molar-refractivity contribution in [1.82, 2.24) is 9.55 Å². The van der Waals surface area contributed by atoms with E-state index in [1.807, 2.05) is 0 Å². The summed E-state index contributed by atoms with van der Waals surface area (Å²) in [5, 5.41) is 10.6. The smallest absolute Gasteiger partial charge is 0.302 e. The Hall–Kier alpha value is -2.72. The van der Waals surface area contributed by atoms with E-state index >= 15 is 0 Å². The van der Waals surface area contributed by atoms with Crippen LogP contribution in [0.5, 0.6) is 0 Å². The first-order chi connectivity index (χ1) is 16.7. The predicted molar refractivity (Wildman–Crippen MR) is 136 cm³/mol. The van der Waals surface area contributed by atoms with E-state index in [2.05, 4.69) is 16.6 Å². The maximum absolute atomic E-state index is 13.6. The van der Waals surface area contributed by atoms with Crippen LogP contribution in [-0.4, -0.2) is 27.7 Å². The minimum Gasteiger partial charge on any atom is -0.381 e. The van der Waals surface area contributed by atoms with Crippen LogP contribution < -0.4 is 4.72 Å². The molecule has 3 aromatic rings. The molecule has 0 aliphatic carbocycles. The molecule has 35 heavy (non-hydrogen) atoms. The van der Waals surface area contributed by atoms with E-state index in [9.17, 15) is 18.9 Å². The number of benzene rings is 2. The third-order valence-corrected chi connectivity index (χ3v) is 6.85. The molecular formula is C25H32F2N4O3S. The van der Waals surface area contributed by atoms with E-state index in [0.717, 1.165) is 31.0 Å². The Bertz CT molecular complexity index is 1110. The molecular weight excluding hydrogens is 474 g/mol. The van der Waals surface area contributed by atoms with Gasteiger partial charge in [0.2, 0.25) is 0 Å². The van der Waals surface area contributed by atoms with E-state index in [1.165, 1.54) is 60.8 Å². The predicted octanol–water partition coefficient (Wildman–Crippen LogP) is 7.32. The molecule has 0 radical (unpaired) electrons. The number of aryl methyl sites for hydroxylation is 1. The molecule has 2 aromatic carbocycles. The number of imidazole rings is 1. The SMILES string of the molecule is CCC1CCCCOCC1.Cn1c(C(C)(F)F)nc2cc(NSc3ccc([N+](=O)[O-])cc3)ccc21. The van der Waals surface area contributed by atoms with Crippen molar-refractivity contribution in [2.75, 3.05) is 17.9 Å². The van der Waals surface area contributed by atoms with Gasteiger partial charge in [-0.3, -0.25) is 10.1 Å². The monoisotopic (exact) mass is 506 g/mol. The molecule has 10 heteroatoms. The van der Waals surface area contributed by atoms with Gasteiger partial charge in [0.25, 0.3) is 5.69 Å². The van der Waals surface area contributed by atoms with E-state index in [1.54, 1.807) is 37.4 Å². The molecule has 1 aliphatic rings. The maximum atomic E-state index is 13.6. The Kier molecular flexibility index (Phi) is 9.45. The van der Waals surface area contributed by atoms with E-state index < -0.39 is 10.8 Å². The zero-order valence-electron chi connectivity index (χ0n) is 20.3. The van der Waals surface area contributed by atoms with Gasteiger partial charge in [-0.25, -0.2) is 4.98 Å². The Morgan fingerprint density at radius 2 is 1.94 bits per heavy atom. The summed E-state index contributed by atoms with van der Waals surface area (Å²) >= 11 is 1.26. The van der Waals surface area contributed by atoms with Crippen molar-refractivity contribution in [2.24, 2.45) is 13.0 Å². The number of nitrogens with zero attached hydrogens (tertiary/aromatic N) is 3. The molecule has 1 fully saturated rings. The first kappa shape index (κ1) is 26.9. The molecule has 190 valence electrons. The van der Waals surface area contributed by atoms with Crippen molar-refractivity contribution in [3.63, 3.8) is 0 Å². The van der Waals surface area contributed by atoms with Gasteiger partial charge in [0.15, 0.2) is 5.82 Å². The molecule has 0 amide bonds. The summed E-state index contributed by atoms with van der Waals surface area (Å²) in [5.74, 6) is -2.36. The molecule has 1 atom stereocenters. The number of fused-ring (bicyclic) bond motifs is 1. The summed E-state index contributed by atoms with van der Waals surface area (Å²) in [4.78, 5) is 15.0. The summed E-state index contributed by atoms with van der Waals surface area (Å²) in [6.07, 6.45) is 6.70. The third-order valence-electron chi connectivity index (χ3n) is 6.01. The molecule has 7 nitrogen and oxygen atoms in total. The zero-order valence-corrected chi connectivity index (χ0v) is 21.1. The second-order valence-corrected chi connectivity index (χ2v) is 9.59. The first-order valence-electron chi connectivity index (χ1n) is 11.8. The van der Waals surface area contributed by atoms with Crippen LogP contribution in [-0.2, 0) is 17.7 Å². The van der Waals surface area contributed by atoms with Crippen LogP contribution >= 0.6 is 11.9 Å². The average Bonchev–Trinajstić information content (AvgIpc) is 3.15. The number of nitro groups is 1. The minimum absolute atomic E-state index is 0.0206. The summed E-state index contributed by atoms with van der Waals surface area (Å²) in [6.45, 7) is 5.10. The summed E-state index contributed by atoms with van der Waals surface area (Å²) in [5.41, 5.74) is 1.79. The minimum atomic E-state index is -3.02. The Morgan fingerprint density at radius 3 is 2.60 bits per heavy atom. The van der Waals surface area contributed by atoms with Crippen LogP contribution in [0.2, 0.25) is 0 Å². The number of nitrogens with one attached hydrogen (secondary N) is 1. The number of non-ortho nitro benzene ring substituents is 1. The van der Waals surface area contributed by atoms with E-state index in [-0.39, 0.29) is 11.5 Å². The summed E-state index contributed by atoms with van der Waals surface area (Å²) in [7, 11) is 1.56. The lowest BCUT2D eigenvalue weighted by Gasteiger charge is -2.17. The van der Waals surface area contributed by atoms with Crippen molar-refractivity contribution in [2.45, 2.75) is 56.8 Å². The Labute approximate surface area is 208 Å². The van der Waals surface area contributed by atoms with Gasteiger partial charge in [0, 0.05) is 49.9 Å². The molecule has 2 heterocycles. The normalized spacial score (nSPS) is 16.7. The number of alkyl halides is 2. The zero-order chi connectivity index (χ0) is 25.4. The molecule has 1 aromatic heterocycles. The lowest BCUT2D eigenvalue weighted by molar-refractivity contribution is -0.384. The second-order valence-electron chi connectivity index (χ2n) is 8.71. The van der Waals surface area contributed by atoms with Gasteiger partial charge >= 0.3 is 5.92 Å². The van der Waals surface area contributed by atoms with Crippen molar-refractivity contribution < 1.29 is 18.4 Å². The fourth-order valence-electron chi connectivity index (χ4n) is 3.95. The second kappa shape index (κ2) is 12.3.